The van der Waals surface area contributed by atoms with Gasteiger partial charge >= 0.3 is 0 Å². The molecule has 2 aromatic carbocycles. The molecule has 0 amide bonds. The van der Waals surface area contributed by atoms with Gasteiger partial charge in [0, 0.05) is 13.1 Å². The lowest BCUT2D eigenvalue weighted by atomic mass is 10.0. The van der Waals surface area contributed by atoms with Gasteiger partial charge in [-0.15, -0.1) is 12.4 Å². The Morgan fingerprint density at radius 1 is 1.21 bits per heavy atom. The fourth-order valence-electron chi connectivity index (χ4n) is 3.76. The van der Waals surface area contributed by atoms with E-state index >= 15 is 0 Å². The zero-order chi connectivity index (χ0) is 19.0. The molecule has 28 heavy (non-hydrogen) atoms. The third-order valence-electron chi connectivity index (χ3n) is 5.34. The van der Waals surface area contributed by atoms with Crippen molar-refractivity contribution >= 4 is 29.4 Å². The topological polar surface area (TPSA) is 70.9 Å². The molecule has 0 unspecified atom stereocenters. The number of nitrogens with two attached hydrogens (primary N) is 1. The van der Waals surface area contributed by atoms with Gasteiger partial charge < -0.3 is 15.2 Å². The summed E-state index contributed by atoms with van der Waals surface area (Å²) in [5.74, 6) is 0.815. The molecule has 4 rings (SSSR count). The number of anilines is 1. The molecule has 1 saturated heterocycles. The highest BCUT2D eigenvalue weighted by Gasteiger charge is 2.30. The maximum absolute atomic E-state index is 13.9. The molecule has 1 aromatic heterocycles. The summed E-state index contributed by atoms with van der Waals surface area (Å²) in [4.78, 5) is 6.92. The first-order valence-corrected chi connectivity index (χ1v) is 9.20. The number of nitrogens with zero attached hydrogens (tertiary/aromatic N) is 4. The lowest BCUT2D eigenvalue weighted by Gasteiger charge is -2.35. The van der Waals surface area contributed by atoms with Crippen molar-refractivity contribution in [1.82, 2.24) is 9.55 Å². The minimum Gasteiger partial charge on any atom is -0.340 e. The second-order valence-corrected chi connectivity index (χ2v) is 7.09. The number of para-hydroxylation sites is 2. The first-order chi connectivity index (χ1) is 13.1. The zero-order valence-electron chi connectivity index (χ0n) is 15.6. The van der Waals surface area contributed by atoms with E-state index in [1.54, 1.807) is 0 Å². The van der Waals surface area contributed by atoms with E-state index in [1.165, 1.54) is 0 Å². The summed E-state index contributed by atoms with van der Waals surface area (Å²) >= 11 is 0. The number of piperidine rings is 1. The molecule has 7 heteroatoms. The number of hydrogen-bond donors (Lipinski definition) is 1. The van der Waals surface area contributed by atoms with Gasteiger partial charge in [0.15, 0.2) is 0 Å². The smallest absolute Gasteiger partial charge is 0.207 e. The maximum Gasteiger partial charge on any atom is 0.207 e. The highest BCUT2D eigenvalue weighted by Crippen LogP contribution is 2.32. The van der Waals surface area contributed by atoms with E-state index in [1.807, 2.05) is 48.5 Å². The van der Waals surface area contributed by atoms with E-state index < -0.39 is 12.2 Å². The average molecular weight is 400 g/mol. The number of rotatable bonds is 3. The largest absolute Gasteiger partial charge is 0.340 e. The molecule has 2 heterocycles. The Morgan fingerprint density at radius 3 is 2.61 bits per heavy atom. The maximum atomic E-state index is 13.9. The van der Waals surface area contributed by atoms with Crippen LogP contribution in [0.5, 0.6) is 0 Å². The molecule has 1 aliphatic rings. The van der Waals surface area contributed by atoms with E-state index in [2.05, 4.69) is 22.5 Å². The number of halogens is 2. The number of aromatic nitrogens is 2. The van der Waals surface area contributed by atoms with Crippen LogP contribution in [0.4, 0.5) is 10.3 Å². The standard InChI is InChI=1S/C21H22FN5.ClH/c1-14(16-8-6-15(12-23)7-9-16)27-20-5-3-2-4-19(20)25-21(27)26-11-10-17(22)18(24)13-26;/h2-9,14,17-18H,10-11,13,24H2,1H3;1H/t14-,17-,18+;/m0./s1. The SMILES string of the molecule is C[C@@H](c1ccc(C#N)cc1)n1c(N2CC[C@H](F)[C@H](N)C2)nc2ccccc21.Cl. The summed E-state index contributed by atoms with van der Waals surface area (Å²) < 4.78 is 16.0. The van der Waals surface area contributed by atoms with E-state index in [-0.39, 0.29) is 18.4 Å². The minimum atomic E-state index is -0.963. The quantitative estimate of drug-likeness (QED) is 0.726. The molecule has 146 valence electrons. The van der Waals surface area contributed by atoms with Gasteiger partial charge in [-0.1, -0.05) is 24.3 Å². The van der Waals surface area contributed by atoms with Crippen molar-refractivity contribution in [1.29, 1.82) is 5.26 Å². The molecule has 0 saturated carbocycles. The van der Waals surface area contributed by atoms with Gasteiger partial charge in [0.25, 0.3) is 0 Å². The van der Waals surface area contributed by atoms with Crippen molar-refractivity contribution < 1.29 is 4.39 Å². The van der Waals surface area contributed by atoms with Crippen LogP contribution >= 0.6 is 12.4 Å². The van der Waals surface area contributed by atoms with Crippen molar-refractivity contribution in [2.24, 2.45) is 5.73 Å². The predicted molar refractivity (Wildman–Crippen MR) is 112 cm³/mol. The van der Waals surface area contributed by atoms with Crippen molar-refractivity contribution in [3.8, 4) is 6.07 Å². The van der Waals surface area contributed by atoms with Crippen LogP contribution in [-0.2, 0) is 0 Å². The molecule has 3 atom stereocenters. The zero-order valence-corrected chi connectivity index (χ0v) is 16.4. The lowest BCUT2D eigenvalue weighted by Crippen LogP contribution is -2.50. The minimum absolute atomic E-state index is 0. The molecule has 0 bridgehead atoms. The molecule has 1 aliphatic heterocycles. The van der Waals surface area contributed by atoms with Crippen molar-refractivity contribution in [2.75, 3.05) is 18.0 Å². The second kappa shape index (κ2) is 8.17. The first kappa shape index (κ1) is 20.1. The Labute approximate surface area is 170 Å². The molecular weight excluding hydrogens is 377 g/mol. The van der Waals surface area contributed by atoms with Crippen molar-refractivity contribution in [3.63, 3.8) is 0 Å². The van der Waals surface area contributed by atoms with Crippen molar-refractivity contribution in [2.45, 2.75) is 31.6 Å². The first-order valence-electron chi connectivity index (χ1n) is 9.20. The number of alkyl halides is 1. The molecule has 0 aliphatic carbocycles. The molecule has 3 aromatic rings. The molecule has 1 fully saturated rings. The predicted octanol–water partition coefficient (Wildman–Crippen LogP) is 3.81. The Morgan fingerprint density at radius 2 is 1.93 bits per heavy atom. The number of imidazole rings is 1. The highest BCUT2D eigenvalue weighted by atomic mass is 35.5. The van der Waals surface area contributed by atoms with Crippen LogP contribution in [0.2, 0.25) is 0 Å². The van der Waals surface area contributed by atoms with E-state index in [0.29, 0.717) is 25.1 Å². The van der Waals surface area contributed by atoms with Crippen LogP contribution < -0.4 is 10.6 Å². The molecule has 0 radical (unpaired) electrons. The summed E-state index contributed by atoms with van der Waals surface area (Å²) in [6.45, 7) is 3.16. The summed E-state index contributed by atoms with van der Waals surface area (Å²) in [7, 11) is 0. The number of fused-ring (bicyclic) bond motifs is 1. The molecule has 2 N–H and O–H groups in total. The number of benzene rings is 2. The summed E-state index contributed by atoms with van der Waals surface area (Å²) in [5, 5.41) is 9.04. The fraction of sp³-hybridized carbons (Fsp3) is 0.333. The number of nitriles is 1. The summed E-state index contributed by atoms with van der Waals surface area (Å²) in [5.41, 5.74) is 9.64. The van der Waals surface area contributed by atoms with E-state index in [0.717, 1.165) is 22.5 Å². The van der Waals surface area contributed by atoms with Gasteiger partial charge in [-0.05, 0) is 43.2 Å². The third-order valence-corrected chi connectivity index (χ3v) is 5.34. The van der Waals surface area contributed by atoms with Crippen LogP contribution in [0.15, 0.2) is 48.5 Å². The van der Waals surface area contributed by atoms with Crippen LogP contribution in [0.3, 0.4) is 0 Å². The van der Waals surface area contributed by atoms with E-state index in [9.17, 15) is 4.39 Å². The Kier molecular flexibility index (Phi) is 5.87. The second-order valence-electron chi connectivity index (χ2n) is 7.09. The molecule has 5 nitrogen and oxygen atoms in total. The average Bonchev–Trinajstić information content (AvgIpc) is 3.09. The third kappa shape index (κ3) is 3.56. The van der Waals surface area contributed by atoms with Crippen LogP contribution in [0.25, 0.3) is 11.0 Å². The number of hydrogen-bond acceptors (Lipinski definition) is 4. The monoisotopic (exact) mass is 399 g/mol. The Balaban J connectivity index is 0.00000225. The Hall–Kier alpha value is -2.62. The normalized spacial score (nSPS) is 20.4. The van der Waals surface area contributed by atoms with Crippen LogP contribution in [0.1, 0.15) is 30.5 Å². The van der Waals surface area contributed by atoms with Gasteiger partial charge in [0.05, 0.1) is 34.7 Å². The lowest BCUT2D eigenvalue weighted by molar-refractivity contribution is 0.243. The summed E-state index contributed by atoms with van der Waals surface area (Å²) in [6.07, 6.45) is -0.551. The van der Waals surface area contributed by atoms with Crippen molar-refractivity contribution in [3.05, 3.63) is 59.7 Å². The van der Waals surface area contributed by atoms with E-state index in [4.69, 9.17) is 16.0 Å². The van der Waals surface area contributed by atoms with Gasteiger partial charge in [-0.3, -0.25) is 0 Å². The van der Waals surface area contributed by atoms with Crippen LogP contribution in [-0.4, -0.2) is 34.9 Å². The molecular formula is C21H23ClFN5. The Bertz CT molecular complexity index is 994. The highest BCUT2D eigenvalue weighted by molar-refractivity contribution is 5.85. The molecule has 0 spiro atoms. The summed E-state index contributed by atoms with van der Waals surface area (Å²) in [6, 6.07) is 17.3. The van der Waals surface area contributed by atoms with Gasteiger partial charge in [-0.25, -0.2) is 9.37 Å². The van der Waals surface area contributed by atoms with Crippen LogP contribution in [0, 0.1) is 11.3 Å². The van der Waals surface area contributed by atoms with Gasteiger partial charge in [0.1, 0.15) is 6.17 Å². The van der Waals surface area contributed by atoms with Gasteiger partial charge in [0.2, 0.25) is 5.95 Å². The fourth-order valence-corrected chi connectivity index (χ4v) is 3.76. The van der Waals surface area contributed by atoms with Gasteiger partial charge in [-0.2, -0.15) is 5.26 Å².